The first-order valence-electron chi connectivity index (χ1n) is 3.54. The fourth-order valence-electron chi connectivity index (χ4n) is 1.16. The molecule has 0 amide bonds. The molecule has 1 saturated heterocycles. The molecule has 0 radical (unpaired) electrons. The first kappa shape index (κ1) is 8.89. The summed E-state index contributed by atoms with van der Waals surface area (Å²) in [4.78, 5) is 1.43. The van der Waals surface area contributed by atoms with Crippen LogP contribution in [0.4, 0.5) is 0 Å². The van der Waals surface area contributed by atoms with E-state index < -0.39 is 18.4 Å². The molecule has 1 heterocycles. The van der Waals surface area contributed by atoms with E-state index in [1.54, 1.807) is 0 Å². The topological polar surface area (TPSA) is 84.2 Å². The molecule has 0 spiro atoms. The highest BCUT2D eigenvalue weighted by atomic mass is 16.3. The second-order valence-electron chi connectivity index (χ2n) is 2.75. The molecule has 2 unspecified atom stereocenters. The molecule has 1 aliphatic heterocycles. The molecule has 4 N–H and O–H groups in total. The lowest BCUT2D eigenvalue weighted by Crippen LogP contribution is -2.36. The van der Waals surface area contributed by atoms with Crippen LogP contribution in [0.1, 0.15) is 0 Å². The zero-order valence-corrected chi connectivity index (χ0v) is 6.09. The minimum Gasteiger partial charge on any atom is -0.392 e. The third-order valence-electron chi connectivity index (χ3n) is 1.87. The van der Waals surface area contributed by atoms with Gasteiger partial charge in [0.2, 0.25) is 0 Å². The van der Waals surface area contributed by atoms with E-state index in [4.69, 9.17) is 20.4 Å². The van der Waals surface area contributed by atoms with Crippen LogP contribution in [0.3, 0.4) is 0 Å². The molecule has 1 rings (SSSR count). The quantitative estimate of drug-likeness (QED) is 0.357. The van der Waals surface area contributed by atoms with Crippen molar-refractivity contribution in [2.24, 2.45) is 0 Å². The van der Waals surface area contributed by atoms with Crippen molar-refractivity contribution in [1.82, 2.24) is 4.90 Å². The number of aliphatic hydroxyl groups excluding tert-OH is 4. The number of β-amino-alcohol motifs (C(OH)–C–C–N with tert-alkyl or cyclic N) is 2. The normalized spacial score (nSPS) is 36.0. The van der Waals surface area contributed by atoms with E-state index in [2.05, 4.69) is 0 Å². The summed E-state index contributed by atoms with van der Waals surface area (Å²) in [6, 6.07) is 0. The van der Waals surface area contributed by atoms with Crippen molar-refractivity contribution in [3.05, 3.63) is 0 Å². The first-order chi connectivity index (χ1) is 5.15. The molecule has 0 aromatic rings. The monoisotopic (exact) mass is 163 g/mol. The lowest BCUT2D eigenvalue weighted by atomic mass is 10.3. The lowest BCUT2D eigenvalue weighted by molar-refractivity contribution is -0.0286. The molecule has 5 nitrogen and oxygen atoms in total. The van der Waals surface area contributed by atoms with Crippen LogP contribution >= 0.6 is 0 Å². The van der Waals surface area contributed by atoms with E-state index in [1.807, 2.05) is 0 Å². The fraction of sp³-hybridized carbons (Fsp3) is 1.00. The van der Waals surface area contributed by atoms with Crippen LogP contribution < -0.4 is 0 Å². The largest absolute Gasteiger partial charge is 0.392 e. The van der Waals surface area contributed by atoms with Crippen molar-refractivity contribution in [3.8, 4) is 0 Å². The van der Waals surface area contributed by atoms with Gasteiger partial charge in [-0.05, 0) is 0 Å². The Morgan fingerprint density at radius 2 is 1.73 bits per heavy atom. The number of rotatable bonds is 2. The Bertz CT molecular complexity index is 122. The summed E-state index contributed by atoms with van der Waals surface area (Å²) in [6.45, 7) is 0.0469. The second-order valence-corrected chi connectivity index (χ2v) is 2.75. The molecule has 0 aliphatic carbocycles. The van der Waals surface area contributed by atoms with Gasteiger partial charge in [0.05, 0.1) is 18.8 Å². The summed E-state index contributed by atoms with van der Waals surface area (Å²) in [6.07, 6.45) is -2.59. The highest BCUT2D eigenvalue weighted by Gasteiger charge is 2.32. The smallest absolute Gasteiger partial charge is 0.130 e. The van der Waals surface area contributed by atoms with Gasteiger partial charge in [-0.2, -0.15) is 0 Å². The van der Waals surface area contributed by atoms with Gasteiger partial charge in [-0.25, -0.2) is 0 Å². The first-order valence-corrected chi connectivity index (χ1v) is 3.54. The van der Waals surface area contributed by atoms with Crippen molar-refractivity contribution in [2.45, 2.75) is 18.4 Å². The van der Waals surface area contributed by atoms with E-state index in [-0.39, 0.29) is 19.7 Å². The van der Waals surface area contributed by atoms with Crippen molar-refractivity contribution in [3.63, 3.8) is 0 Å². The van der Waals surface area contributed by atoms with Gasteiger partial charge >= 0.3 is 0 Å². The predicted molar refractivity (Wildman–Crippen MR) is 36.7 cm³/mol. The Hall–Kier alpha value is -0.200. The van der Waals surface area contributed by atoms with Crippen LogP contribution in [-0.4, -0.2) is 63.5 Å². The van der Waals surface area contributed by atoms with Gasteiger partial charge in [-0.1, -0.05) is 0 Å². The molecular weight excluding hydrogens is 150 g/mol. The van der Waals surface area contributed by atoms with Gasteiger partial charge in [0.25, 0.3) is 0 Å². The van der Waals surface area contributed by atoms with E-state index in [0.717, 1.165) is 0 Å². The van der Waals surface area contributed by atoms with Gasteiger partial charge in [-0.3, -0.25) is 4.90 Å². The highest BCUT2D eigenvalue weighted by molar-refractivity contribution is 4.83. The fourth-order valence-corrected chi connectivity index (χ4v) is 1.16. The van der Waals surface area contributed by atoms with Crippen LogP contribution in [0.5, 0.6) is 0 Å². The summed E-state index contributed by atoms with van der Waals surface area (Å²) >= 11 is 0. The number of likely N-dealkylation sites (tertiary alicyclic amines) is 1. The Morgan fingerprint density at radius 1 is 1.27 bits per heavy atom. The van der Waals surface area contributed by atoms with Crippen LogP contribution in [0.25, 0.3) is 0 Å². The maximum atomic E-state index is 9.05. The van der Waals surface area contributed by atoms with Crippen LogP contribution in [0.2, 0.25) is 0 Å². The van der Waals surface area contributed by atoms with E-state index in [0.29, 0.717) is 0 Å². The molecule has 1 aliphatic rings. The molecule has 0 saturated carbocycles. The predicted octanol–water partition coefficient (Wildman–Crippen LogP) is -2.67. The maximum absolute atomic E-state index is 9.05. The Labute approximate surface area is 64.5 Å². The number of nitrogens with zero attached hydrogens (tertiary/aromatic N) is 1. The molecule has 5 heteroatoms. The van der Waals surface area contributed by atoms with Crippen LogP contribution in [0.15, 0.2) is 0 Å². The zero-order chi connectivity index (χ0) is 8.43. The van der Waals surface area contributed by atoms with Gasteiger partial charge in [-0.15, -0.1) is 0 Å². The van der Waals surface area contributed by atoms with Crippen molar-refractivity contribution < 1.29 is 20.4 Å². The van der Waals surface area contributed by atoms with Crippen molar-refractivity contribution in [2.75, 3.05) is 19.7 Å². The van der Waals surface area contributed by atoms with Gasteiger partial charge < -0.3 is 20.4 Å². The van der Waals surface area contributed by atoms with E-state index in [9.17, 15) is 0 Å². The third kappa shape index (κ3) is 1.88. The van der Waals surface area contributed by atoms with Crippen LogP contribution in [0, 0.1) is 0 Å². The maximum Gasteiger partial charge on any atom is 0.130 e. The third-order valence-corrected chi connectivity index (χ3v) is 1.87. The minimum absolute atomic E-state index is 0.211. The van der Waals surface area contributed by atoms with E-state index in [1.165, 1.54) is 4.90 Å². The number of aliphatic hydroxyl groups is 4. The summed E-state index contributed by atoms with van der Waals surface area (Å²) in [7, 11) is 0. The van der Waals surface area contributed by atoms with Crippen molar-refractivity contribution >= 4 is 0 Å². The molecule has 0 bridgehead atoms. The molecule has 3 atom stereocenters. The number of hydrogen-bond acceptors (Lipinski definition) is 5. The molecule has 0 aromatic carbocycles. The molecule has 0 aromatic heterocycles. The second kappa shape index (κ2) is 3.46. The Morgan fingerprint density at radius 3 is 2.09 bits per heavy atom. The molecular formula is C6H13NO4. The Balaban J connectivity index is 2.40. The molecule has 66 valence electrons. The standard InChI is InChI=1S/C6H13NO4/c8-3-6(11)7-1-4(9)5(10)2-7/h4-6,8-11H,1-3H2/t4?,5?,6-/m1/s1. The summed E-state index contributed by atoms with van der Waals surface area (Å²) in [5.41, 5.74) is 0. The Kier molecular flexibility index (Phi) is 2.80. The number of hydrogen-bond donors (Lipinski definition) is 4. The van der Waals surface area contributed by atoms with Crippen LogP contribution in [-0.2, 0) is 0 Å². The molecule has 11 heavy (non-hydrogen) atoms. The van der Waals surface area contributed by atoms with Crippen molar-refractivity contribution in [1.29, 1.82) is 0 Å². The summed E-state index contributed by atoms with van der Waals surface area (Å²) in [5, 5.41) is 35.6. The lowest BCUT2D eigenvalue weighted by Gasteiger charge is -2.19. The molecule has 1 fully saturated rings. The average Bonchev–Trinajstić information content (AvgIpc) is 2.31. The highest BCUT2D eigenvalue weighted by Crippen LogP contribution is 2.11. The minimum atomic E-state index is -0.971. The summed E-state index contributed by atoms with van der Waals surface area (Å²) in [5.74, 6) is 0. The zero-order valence-electron chi connectivity index (χ0n) is 6.09. The average molecular weight is 163 g/mol. The SMILES string of the molecule is OC[C@@H](O)N1CC(O)C(O)C1. The summed E-state index contributed by atoms with van der Waals surface area (Å²) < 4.78 is 0. The van der Waals surface area contributed by atoms with Gasteiger partial charge in [0, 0.05) is 13.1 Å². The van der Waals surface area contributed by atoms with Gasteiger partial charge in [0.15, 0.2) is 0 Å². The van der Waals surface area contributed by atoms with E-state index >= 15 is 0 Å². The van der Waals surface area contributed by atoms with Gasteiger partial charge in [0.1, 0.15) is 6.23 Å².